The van der Waals surface area contributed by atoms with Gasteiger partial charge in [0.05, 0.1) is 0 Å². The molecule has 1 amide bonds. The second-order valence-corrected chi connectivity index (χ2v) is 5.64. The van der Waals surface area contributed by atoms with Gasteiger partial charge in [-0.3, -0.25) is 9.36 Å². The molecule has 0 aromatic carbocycles. The summed E-state index contributed by atoms with van der Waals surface area (Å²) in [6.07, 6.45) is 3.17. The number of hydrogen-bond acceptors (Lipinski definition) is 5. The van der Waals surface area contributed by atoms with Gasteiger partial charge in [0.2, 0.25) is 11.7 Å². The van der Waals surface area contributed by atoms with Crippen molar-refractivity contribution in [3.05, 3.63) is 22.1 Å². The fraction of sp³-hybridized carbons (Fsp3) is 0.692. The first kappa shape index (κ1) is 15.4. The molecule has 1 aliphatic rings. The third-order valence-corrected chi connectivity index (χ3v) is 4.03. The molecule has 1 aliphatic heterocycles. The Morgan fingerprint density at radius 2 is 2.33 bits per heavy atom. The van der Waals surface area contributed by atoms with Crippen LogP contribution in [0.15, 0.2) is 6.20 Å². The Kier molecular flexibility index (Phi) is 4.56. The second kappa shape index (κ2) is 6.21. The highest BCUT2D eigenvalue weighted by Crippen LogP contribution is 2.22. The fourth-order valence-electron chi connectivity index (χ4n) is 2.78. The number of rotatable bonds is 4. The highest BCUT2D eigenvalue weighted by molar-refractivity contribution is 5.76. The summed E-state index contributed by atoms with van der Waals surface area (Å²) in [5, 5.41) is 10.7. The van der Waals surface area contributed by atoms with Crippen LogP contribution in [0.3, 0.4) is 0 Å². The predicted molar refractivity (Wildman–Crippen MR) is 76.6 cm³/mol. The van der Waals surface area contributed by atoms with Gasteiger partial charge in [-0.15, -0.1) is 0 Å². The number of nitrogens with two attached hydrogens (primary N) is 1. The summed E-state index contributed by atoms with van der Waals surface area (Å²) in [5.41, 5.74) is 5.76. The highest BCUT2D eigenvalue weighted by atomic mass is 16.6. The zero-order valence-electron chi connectivity index (χ0n) is 12.4. The second-order valence-electron chi connectivity index (χ2n) is 5.64. The van der Waals surface area contributed by atoms with Gasteiger partial charge in [-0.05, 0) is 28.7 Å². The van der Waals surface area contributed by atoms with E-state index < -0.39 is 4.92 Å². The van der Waals surface area contributed by atoms with E-state index in [0.29, 0.717) is 24.8 Å². The molecule has 1 saturated heterocycles. The van der Waals surface area contributed by atoms with Crippen LogP contribution in [-0.4, -0.2) is 44.4 Å². The van der Waals surface area contributed by atoms with E-state index in [-0.39, 0.29) is 24.3 Å². The van der Waals surface area contributed by atoms with Crippen molar-refractivity contribution in [1.29, 1.82) is 0 Å². The minimum absolute atomic E-state index is 0.0556. The number of carbonyl (C=O) groups is 1. The number of nitro groups is 1. The molecule has 0 radical (unpaired) electrons. The van der Waals surface area contributed by atoms with Gasteiger partial charge in [0.15, 0.2) is 0 Å². The monoisotopic (exact) mass is 295 g/mol. The molecule has 2 rings (SSSR count). The molecular weight excluding hydrogens is 274 g/mol. The van der Waals surface area contributed by atoms with Gasteiger partial charge < -0.3 is 20.7 Å². The Hall–Kier alpha value is -1.96. The van der Waals surface area contributed by atoms with Crippen molar-refractivity contribution in [2.45, 2.75) is 39.3 Å². The standard InChI is InChI=1S/C13H21N5O3/c1-9-3-4-17(11(5-9)6-14)13(19)8-16-7-12(18(20)21)15-10(16)2/h7,9,11H,3-6,8,14H2,1-2H3. The zero-order chi connectivity index (χ0) is 15.6. The van der Waals surface area contributed by atoms with Gasteiger partial charge in [-0.25, -0.2) is 0 Å². The number of aromatic nitrogens is 2. The lowest BCUT2D eigenvalue weighted by Crippen LogP contribution is -2.50. The number of amides is 1. The largest absolute Gasteiger partial charge is 0.381 e. The number of aryl methyl sites for hydroxylation is 1. The minimum Gasteiger partial charge on any atom is -0.358 e. The van der Waals surface area contributed by atoms with Crippen LogP contribution in [0.2, 0.25) is 0 Å². The first-order chi connectivity index (χ1) is 9.92. The van der Waals surface area contributed by atoms with E-state index >= 15 is 0 Å². The van der Waals surface area contributed by atoms with Crippen LogP contribution >= 0.6 is 0 Å². The maximum Gasteiger partial charge on any atom is 0.381 e. The molecule has 1 aromatic rings. The van der Waals surface area contributed by atoms with Crippen molar-refractivity contribution in [3.63, 3.8) is 0 Å². The third-order valence-electron chi connectivity index (χ3n) is 4.03. The average molecular weight is 295 g/mol. The lowest BCUT2D eigenvalue weighted by molar-refractivity contribution is -0.389. The molecular formula is C13H21N5O3. The SMILES string of the molecule is Cc1nc([N+](=O)[O-])cn1CC(=O)N1CCC(C)CC1CN. The first-order valence-corrected chi connectivity index (χ1v) is 7.10. The molecule has 0 aliphatic carbocycles. The number of piperidine rings is 1. The zero-order valence-corrected chi connectivity index (χ0v) is 12.4. The van der Waals surface area contributed by atoms with Gasteiger partial charge >= 0.3 is 5.82 Å². The molecule has 0 spiro atoms. The summed E-state index contributed by atoms with van der Waals surface area (Å²) in [7, 11) is 0. The lowest BCUT2D eigenvalue weighted by Gasteiger charge is -2.38. The van der Waals surface area contributed by atoms with E-state index in [1.165, 1.54) is 10.8 Å². The van der Waals surface area contributed by atoms with Crippen LogP contribution in [0.1, 0.15) is 25.6 Å². The van der Waals surface area contributed by atoms with Gasteiger partial charge in [-0.2, -0.15) is 0 Å². The molecule has 8 nitrogen and oxygen atoms in total. The predicted octanol–water partition coefficient (Wildman–Crippen LogP) is 0.686. The Bertz CT molecular complexity index is 542. The molecule has 1 fully saturated rings. The highest BCUT2D eigenvalue weighted by Gasteiger charge is 2.29. The summed E-state index contributed by atoms with van der Waals surface area (Å²) in [6.45, 7) is 5.02. The number of hydrogen-bond donors (Lipinski definition) is 1. The van der Waals surface area contributed by atoms with Gasteiger partial charge in [-0.1, -0.05) is 6.92 Å². The molecule has 0 bridgehead atoms. The molecule has 8 heteroatoms. The van der Waals surface area contributed by atoms with E-state index in [2.05, 4.69) is 11.9 Å². The summed E-state index contributed by atoms with van der Waals surface area (Å²) in [5.74, 6) is 0.735. The van der Waals surface area contributed by atoms with Crippen molar-refractivity contribution in [2.24, 2.45) is 11.7 Å². The molecule has 2 unspecified atom stereocenters. The van der Waals surface area contributed by atoms with Crippen molar-refractivity contribution in [2.75, 3.05) is 13.1 Å². The van der Waals surface area contributed by atoms with Crippen molar-refractivity contribution in [1.82, 2.24) is 14.5 Å². The van der Waals surface area contributed by atoms with Gasteiger partial charge in [0, 0.05) is 26.1 Å². The Balaban J connectivity index is 2.08. The van der Waals surface area contributed by atoms with E-state index in [4.69, 9.17) is 5.73 Å². The van der Waals surface area contributed by atoms with Gasteiger partial charge in [0.1, 0.15) is 12.7 Å². The van der Waals surface area contributed by atoms with Crippen LogP contribution in [0.25, 0.3) is 0 Å². The van der Waals surface area contributed by atoms with E-state index in [9.17, 15) is 14.9 Å². The third kappa shape index (κ3) is 3.38. The number of likely N-dealkylation sites (tertiary alicyclic amines) is 1. The first-order valence-electron chi connectivity index (χ1n) is 7.10. The van der Waals surface area contributed by atoms with Crippen molar-refractivity contribution < 1.29 is 9.72 Å². The number of nitrogens with zero attached hydrogens (tertiary/aromatic N) is 4. The fourth-order valence-corrected chi connectivity index (χ4v) is 2.78. The van der Waals surface area contributed by atoms with Crippen LogP contribution in [0.5, 0.6) is 0 Å². The Labute approximate surface area is 123 Å². The smallest absolute Gasteiger partial charge is 0.358 e. The maximum atomic E-state index is 12.4. The van der Waals surface area contributed by atoms with Crippen molar-refractivity contribution in [3.8, 4) is 0 Å². The molecule has 0 saturated carbocycles. The summed E-state index contributed by atoms with van der Waals surface area (Å²) < 4.78 is 1.52. The number of imidazole rings is 1. The Morgan fingerprint density at radius 3 is 2.90 bits per heavy atom. The lowest BCUT2D eigenvalue weighted by atomic mass is 9.92. The molecule has 1 aromatic heterocycles. The molecule has 21 heavy (non-hydrogen) atoms. The molecule has 2 N–H and O–H groups in total. The van der Waals surface area contributed by atoms with E-state index in [0.717, 1.165) is 12.8 Å². The normalized spacial score (nSPS) is 22.3. The quantitative estimate of drug-likeness (QED) is 0.649. The summed E-state index contributed by atoms with van der Waals surface area (Å²) >= 11 is 0. The maximum absolute atomic E-state index is 12.4. The van der Waals surface area contributed by atoms with E-state index in [1.54, 1.807) is 11.8 Å². The minimum atomic E-state index is -0.556. The number of carbonyl (C=O) groups excluding carboxylic acids is 1. The van der Waals surface area contributed by atoms with E-state index in [1.807, 2.05) is 0 Å². The van der Waals surface area contributed by atoms with Crippen LogP contribution in [-0.2, 0) is 11.3 Å². The van der Waals surface area contributed by atoms with Crippen LogP contribution in [0.4, 0.5) is 5.82 Å². The summed E-state index contributed by atoms with van der Waals surface area (Å²) in [4.78, 5) is 28.2. The van der Waals surface area contributed by atoms with Gasteiger partial charge in [0.25, 0.3) is 0 Å². The molecule has 2 heterocycles. The Morgan fingerprint density at radius 1 is 1.62 bits per heavy atom. The van der Waals surface area contributed by atoms with Crippen molar-refractivity contribution >= 4 is 11.7 Å². The molecule has 116 valence electrons. The summed E-state index contributed by atoms with van der Waals surface area (Å²) in [6, 6.07) is 0.0556. The average Bonchev–Trinajstić information content (AvgIpc) is 2.80. The topological polar surface area (TPSA) is 107 Å². The van der Waals surface area contributed by atoms with Crippen LogP contribution in [0, 0.1) is 23.0 Å². The van der Waals surface area contributed by atoms with Crippen LogP contribution < -0.4 is 5.73 Å². The molecule has 2 atom stereocenters.